The number of hydrogen-bond donors (Lipinski definition) is 1. The van der Waals surface area contributed by atoms with Gasteiger partial charge in [-0.1, -0.05) is 37.3 Å². The first-order valence-corrected chi connectivity index (χ1v) is 6.14. The zero-order valence-electron chi connectivity index (χ0n) is 11.4. The molecule has 2 aromatic carbocycles. The summed E-state index contributed by atoms with van der Waals surface area (Å²) in [5.74, 6) is 0.825. The van der Waals surface area contributed by atoms with E-state index < -0.39 is 0 Å². The topological polar surface area (TPSA) is 44.2 Å². The van der Waals surface area contributed by atoms with E-state index >= 15 is 0 Å². The highest BCUT2D eigenvalue weighted by atomic mass is 19.1. The number of hydrogen-bond acceptors (Lipinski definition) is 2. The molecule has 0 amide bonds. The van der Waals surface area contributed by atoms with E-state index in [9.17, 15) is 4.39 Å². The summed E-state index contributed by atoms with van der Waals surface area (Å²) in [5, 5.41) is 0. The summed E-state index contributed by atoms with van der Waals surface area (Å²) in [6.45, 7) is 2.10. The Morgan fingerprint density at radius 1 is 1.11 bits per heavy atom. The van der Waals surface area contributed by atoms with Crippen LogP contribution in [0.1, 0.15) is 30.4 Å². The lowest BCUT2D eigenvalue weighted by Gasteiger charge is -2.18. The molecule has 0 aliphatic heterocycles. The van der Waals surface area contributed by atoms with Crippen molar-refractivity contribution in [3.05, 3.63) is 65.5 Å². The molecule has 1 atom stereocenters. The Morgan fingerprint density at radius 2 is 1.84 bits per heavy atom. The SMILES string of the molecule is CCC(c1cccc(F)c1)c1ccccc1OC.N. The second kappa shape index (κ2) is 6.90. The van der Waals surface area contributed by atoms with Crippen LogP contribution in [0.15, 0.2) is 48.5 Å². The van der Waals surface area contributed by atoms with Crippen molar-refractivity contribution >= 4 is 0 Å². The van der Waals surface area contributed by atoms with Gasteiger partial charge in [0.25, 0.3) is 0 Å². The number of halogens is 1. The summed E-state index contributed by atoms with van der Waals surface area (Å²) >= 11 is 0. The Labute approximate surface area is 113 Å². The monoisotopic (exact) mass is 261 g/mol. The van der Waals surface area contributed by atoms with Crippen molar-refractivity contribution in [2.24, 2.45) is 0 Å². The molecule has 0 spiro atoms. The lowest BCUT2D eigenvalue weighted by atomic mass is 9.88. The van der Waals surface area contributed by atoms with E-state index in [1.807, 2.05) is 30.3 Å². The molecule has 3 N–H and O–H groups in total. The number of rotatable bonds is 4. The fourth-order valence-corrected chi connectivity index (χ4v) is 2.31. The van der Waals surface area contributed by atoms with Gasteiger partial charge in [-0.15, -0.1) is 0 Å². The molecule has 0 fully saturated rings. The van der Waals surface area contributed by atoms with Gasteiger partial charge in [-0.2, -0.15) is 0 Å². The molecule has 19 heavy (non-hydrogen) atoms. The van der Waals surface area contributed by atoms with Crippen LogP contribution in [0.4, 0.5) is 4.39 Å². The minimum absolute atomic E-state index is 0. The second-order valence-electron chi connectivity index (χ2n) is 4.26. The summed E-state index contributed by atoms with van der Waals surface area (Å²) in [7, 11) is 1.66. The first-order chi connectivity index (χ1) is 8.76. The largest absolute Gasteiger partial charge is 0.496 e. The smallest absolute Gasteiger partial charge is 0.123 e. The lowest BCUT2D eigenvalue weighted by molar-refractivity contribution is 0.407. The molecule has 3 heteroatoms. The van der Waals surface area contributed by atoms with Gasteiger partial charge in [0.1, 0.15) is 11.6 Å². The zero-order chi connectivity index (χ0) is 13.0. The Morgan fingerprint density at radius 3 is 2.47 bits per heavy atom. The number of ether oxygens (including phenoxy) is 1. The third kappa shape index (κ3) is 3.32. The third-order valence-corrected chi connectivity index (χ3v) is 3.17. The van der Waals surface area contributed by atoms with Crippen LogP contribution in [0, 0.1) is 5.82 Å². The van der Waals surface area contributed by atoms with E-state index in [1.54, 1.807) is 19.2 Å². The van der Waals surface area contributed by atoms with Gasteiger partial charge < -0.3 is 10.9 Å². The van der Waals surface area contributed by atoms with Crippen molar-refractivity contribution in [3.8, 4) is 5.75 Å². The van der Waals surface area contributed by atoms with Crippen molar-refractivity contribution < 1.29 is 9.13 Å². The first kappa shape index (κ1) is 15.2. The van der Waals surface area contributed by atoms with Crippen LogP contribution in [0.5, 0.6) is 5.75 Å². The fraction of sp³-hybridized carbons (Fsp3) is 0.250. The maximum atomic E-state index is 13.3. The van der Waals surface area contributed by atoms with Crippen molar-refractivity contribution in [1.82, 2.24) is 6.15 Å². The molecule has 0 saturated carbocycles. The third-order valence-electron chi connectivity index (χ3n) is 3.17. The van der Waals surface area contributed by atoms with Crippen molar-refractivity contribution in [2.75, 3.05) is 7.11 Å². The zero-order valence-corrected chi connectivity index (χ0v) is 11.4. The highest BCUT2D eigenvalue weighted by Gasteiger charge is 2.16. The average Bonchev–Trinajstić information content (AvgIpc) is 2.40. The lowest BCUT2D eigenvalue weighted by Crippen LogP contribution is -2.02. The van der Waals surface area contributed by atoms with Gasteiger partial charge in [-0.25, -0.2) is 4.39 Å². The van der Waals surface area contributed by atoms with E-state index in [1.165, 1.54) is 6.07 Å². The van der Waals surface area contributed by atoms with Gasteiger partial charge in [0, 0.05) is 11.5 Å². The predicted octanol–water partition coefficient (Wildman–Crippen LogP) is 4.54. The highest BCUT2D eigenvalue weighted by molar-refractivity contribution is 5.42. The van der Waals surface area contributed by atoms with Crippen LogP contribution in [-0.4, -0.2) is 7.11 Å². The number of methoxy groups -OCH3 is 1. The van der Waals surface area contributed by atoms with Crippen molar-refractivity contribution in [3.63, 3.8) is 0 Å². The van der Waals surface area contributed by atoms with E-state index in [0.717, 1.165) is 23.3 Å². The second-order valence-corrected chi connectivity index (χ2v) is 4.26. The van der Waals surface area contributed by atoms with E-state index in [4.69, 9.17) is 4.74 Å². The molecule has 0 radical (unpaired) electrons. The van der Waals surface area contributed by atoms with Crippen LogP contribution in [0.3, 0.4) is 0 Å². The maximum Gasteiger partial charge on any atom is 0.123 e. The molecular formula is C16H20FNO. The van der Waals surface area contributed by atoms with E-state index in [0.29, 0.717) is 0 Å². The van der Waals surface area contributed by atoms with E-state index in [2.05, 4.69) is 6.92 Å². The van der Waals surface area contributed by atoms with Crippen molar-refractivity contribution in [1.29, 1.82) is 0 Å². The highest BCUT2D eigenvalue weighted by Crippen LogP contribution is 2.34. The fourth-order valence-electron chi connectivity index (χ4n) is 2.31. The summed E-state index contributed by atoms with van der Waals surface area (Å²) in [6.07, 6.45) is 0.907. The van der Waals surface area contributed by atoms with Crippen molar-refractivity contribution in [2.45, 2.75) is 19.3 Å². The molecule has 1 unspecified atom stereocenters. The average molecular weight is 261 g/mol. The number of para-hydroxylation sites is 1. The van der Waals surface area contributed by atoms with Gasteiger partial charge in [0.15, 0.2) is 0 Å². The maximum absolute atomic E-state index is 13.3. The number of benzene rings is 2. The molecule has 2 rings (SSSR count). The Balaban J connectivity index is 0.00000180. The minimum atomic E-state index is -0.194. The molecule has 0 aliphatic carbocycles. The van der Waals surface area contributed by atoms with Gasteiger partial charge in [-0.3, -0.25) is 0 Å². The van der Waals surface area contributed by atoms with Gasteiger partial charge in [0.05, 0.1) is 7.11 Å². The van der Waals surface area contributed by atoms with E-state index in [-0.39, 0.29) is 17.9 Å². The molecule has 102 valence electrons. The van der Waals surface area contributed by atoms with Gasteiger partial charge in [0.2, 0.25) is 0 Å². The standard InChI is InChI=1S/C16H17FO.H3N/c1-3-14(12-7-6-8-13(17)11-12)15-9-4-5-10-16(15)18-2;/h4-11,14H,3H2,1-2H3;1H3. The molecule has 2 nitrogen and oxygen atoms in total. The first-order valence-electron chi connectivity index (χ1n) is 6.14. The molecular weight excluding hydrogens is 241 g/mol. The molecule has 0 bridgehead atoms. The molecule has 2 aromatic rings. The molecule has 0 aromatic heterocycles. The summed E-state index contributed by atoms with van der Waals surface area (Å²) < 4.78 is 18.7. The molecule has 0 saturated heterocycles. The van der Waals surface area contributed by atoms with Crippen LogP contribution in [0.25, 0.3) is 0 Å². The Kier molecular flexibility index (Phi) is 5.52. The quantitative estimate of drug-likeness (QED) is 0.878. The van der Waals surface area contributed by atoms with Crippen LogP contribution in [-0.2, 0) is 0 Å². The summed E-state index contributed by atoms with van der Waals surface area (Å²) in [5.41, 5.74) is 2.09. The Bertz CT molecular complexity index is 528. The van der Waals surface area contributed by atoms with Crippen LogP contribution < -0.4 is 10.9 Å². The minimum Gasteiger partial charge on any atom is -0.496 e. The molecule has 0 heterocycles. The van der Waals surface area contributed by atoms with Gasteiger partial charge >= 0.3 is 0 Å². The van der Waals surface area contributed by atoms with Gasteiger partial charge in [-0.05, 0) is 30.2 Å². The van der Waals surface area contributed by atoms with Crippen LogP contribution >= 0.6 is 0 Å². The Hall–Kier alpha value is -1.87. The summed E-state index contributed by atoms with van der Waals surface area (Å²) in [6, 6.07) is 14.7. The normalized spacial score (nSPS) is 11.5. The summed E-state index contributed by atoms with van der Waals surface area (Å²) in [4.78, 5) is 0. The molecule has 0 aliphatic rings. The predicted molar refractivity (Wildman–Crippen MR) is 76.6 cm³/mol. The van der Waals surface area contributed by atoms with Crippen LogP contribution in [0.2, 0.25) is 0 Å².